The molecule has 1 unspecified atom stereocenters. The summed E-state index contributed by atoms with van der Waals surface area (Å²) < 4.78 is 0. The summed E-state index contributed by atoms with van der Waals surface area (Å²) in [4.78, 5) is 4.29. The lowest BCUT2D eigenvalue weighted by Crippen LogP contribution is -2.13. The van der Waals surface area contributed by atoms with E-state index < -0.39 is 6.10 Å². The summed E-state index contributed by atoms with van der Waals surface area (Å²) in [6.07, 6.45) is 2.08. The molecule has 2 nitrogen and oxygen atoms in total. The first-order valence-electron chi connectivity index (χ1n) is 4.63. The quantitative estimate of drug-likeness (QED) is 0.745. The Morgan fingerprint density at radius 1 is 1.36 bits per heavy atom. The maximum absolute atomic E-state index is 9.74. The second kappa shape index (κ2) is 3.69. The smallest absolute Gasteiger partial charge is 0.0963 e. The van der Waals surface area contributed by atoms with E-state index in [0.717, 1.165) is 24.8 Å². The van der Waals surface area contributed by atoms with Crippen LogP contribution in [0.3, 0.4) is 0 Å². The third kappa shape index (κ3) is 1.52. The second-order valence-corrected chi connectivity index (χ2v) is 4.35. The van der Waals surface area contributed by atoms with Gasteiger partial charge in [-0.2, -0.15) is 0 Å². The standard InChI is InChI=1S/C10H11Cl2NO/c1-5-8(11)9(12)6-3-2-4-7(14)10(6)13-5/h7,14H,2-4H2,1H3. The van der Waals surface area contributed by atoms with Crippen molar-refractivity contribution in [2.75, 3.05) is 0 Å². The van der Waals surface area contributed by atoms with E-state index in [4.69, 9.17) is 23.2 Å². The van der Waals surface area contributed by atoms with Gasteiger partial charge in [-0.05, 0) is 31.7 Å². The first-order valence-corrected chi connectivity index (χ1v) is 5.39. The molecule has 0 radical (unpaired) electrons. The van der Waals surface area contributed by atoms with Crippen LogP contribution in [0, 0.1) is 6.92 Å². The van der Waals surface area contributed by atoms with Crippen molar-refractivity contribution in [1.29, 1.82) is 0 Å². The number of aryl methyl sites for hydroxylation is 1. The summed E-state index contributed by atoms with van der Waals surface area (Å²) in [5.74, 6) is 0. The zero-order valence-electron chi connectivity index (χ0n) is 7.85. The van der Waals surface area contributed by atoms with E-state index in [1.807, 2.05) is 0 Å². The van der Waals surface area contributed by atoms with Crippen molar-refractivity contribution in [1.82, 2.24) is 4.98 Å². The van der Waals surface area contributed by atoms with Gasteiger partial charge in [0.1, 0.15) is 0 Å². The number of nitrogens with zero attached hydrogens (tertiary/aromatic N) is 1. The Kier molecular flexibility index (Phi) is 2.69. The summed E-state index contributed by atoms with van der Waals surface area (Å²) in [5, 5.41) is 10.8. The lowest BCUT2D eigenvalue weighted by atomic mass is 9.93. The van der Waals surface area contributed by atoms with Gasteiger partial charge in [0.05, 0.1) is 27.5 Å². The van der Waals surface area contributed by atoms with Crippen LogP contribution < -0.4 is 0 Å². The Labute approximate surface area is 92.9 Å². The van der Waals surface area contributed by atoms with Crippen LogP contribution in [0.5, 0.6) is 0 Å². The van der Waals surface area contributed by atoms with E-state index in [1.165, 1.54) is 0 Å². The summed E-state index contributed by atoms with van der Waals surface area (Å²) in [6.45, 7) is 1.80. The fraction of sp³-hybridized carbons (Fsp3) is 0.500. The van der Waals surface area contributed by atoms with E-state index in [-0.39, 0.29) is 0 Å². The third-order valence-corrected chi connectivity index (χ3v) is 3.57. The second-order valence-electron chi connectivity index (χ2n) is 3.60. The molecule has 0 saturated carbocycles. The molecule has 0 bridgehead atoms. The molecule has 2 rings (SSSR count). The maximum atomic E-state index is 9.74. The number of aliphatic hydroxyl groups is 1. The minimum atomic E-state index is -0.479. The van der Waals surface area contributed by atoms with E-state index in [1.54, 1.807) is 6.92 Å². The van der Waals surface area contributed by atoms with Crippen LogP contribution in [0.2, 0.25) is 10.0 Å². The topological polar surface area (TPSA) is 33.1 Å². The third-order valence-electron chi connectivity index (χ3n) is 2.59. The molecule has 1 atom stereocenters. The highest BCUT2D eigenvalue weighted by atomic mass is 35.5. The first-order chi connectivity index (χ1) is 6.61. The van der Waals surface area contributed by atoms with E-state index >= 15 is 0 Å². The van der Waals surface area contributed by atoms with Crippen molar-refractivity contribution in [3.63, 3.8) is 0 Å². The van der Waals surface area contributed by atoms with Gasteiger partial charge in [-0.1, -0.05) is 23.2 Å². The average molecular weight is 232 g/mol. The lowest BCUT2D eigenvalue weighted by molar-refractivity contribution is 0.151. The Morgan fingerprint density at radius 2 is 2.07 bits per heavy atom. The van der Waals surface area contributed by atoms with Crippen LogP contribution in [0.4, 0.5) is 0 Å². The zero-order valence-corrected chi connectivity index (χ0v) is 9.36. The number of hydrogen-bond donors (Lipinski definition) is 1. The first kappa shape index (κ1) is 10.2. The van der Waals surface area contributed by atoms with Crippen LogP contribution in [0.25, 0.3) is 0 Å². The van der Waals surface area contributed by atoms with Gasteiger partial charge in [0.2, 0.25) is 0 Å². The molecule has 0 aliphatic heterocycles. The SMILES string of the molecule is Cc1nc2c(c(Cl)c1Cl)CCCC2O. The van der Waals surface area contributed by atoms with E-state index in [9.17, 15) is 5.11 Å². The molecule has 4 heteroatoms. The molecule has 0 saturated heterocycles. The number of aromatic nitrogens is 1. The van der Waals surface area contributed by atoms with Crippen molar-refractivity contribution in [3.8, 4) is 0 Å². The van der Waals surface area contributed by atoms with Crippen molar-refractivity contribution < 1.29 is 5.11 Å². The molecule has 0 spiro atoms. The number of pyridine rings is 1. The highest BCUT2D eigenvalue weighted by Crippen LogP contribution is 2.37. The number of aliphatic hydroxyl groups excluding tert-OH is 1. The van der Waals surface area contributed by atoms with Gasteiger partial charge in [0, 0.05) is 0 Å². The summed E-state index contributed by atoms with van der Waals surface area (Å²) in [7, 11) is 0. The minimum Gasteiger partial charge on any atom is -0.387 e. The van der Waals surface area contributed by atoms with E-state index in [2.05, 4.69) is 4.98 Å². The Hall–Kier alpha value is -0.310. The molecule has 1 N–H and O–H groups in total. The van der Waals surface area contributed by atoms with Gasteiger partial charge in [-0.25, -0.2) is 0 Å². The lowest BCUT2D eigenvalue weighted by Gasteiger charge is -2.22. The fourth-order valence-electron chi connectivity index (χ4n) is 1.82. The fourth-order valence-corrected chi connectivity index (χ4v) is 2.31. The normalized spacial score (nSPS) is 20.7. The van der Waals surface area contributed by atoms with Gasteiger partial charge >= 0.3 is 0 Å². The monoisotopic (exact) mass is 231 g/mol. The zero-order chi connectivity index (χ0) is 10.3. The molecule has 1 aliphatic carbocycles. The molecule has 0 amide bonds. The van der Waals surface area contributed by atoms with Crippen molar-refractivity contribution in [3.05, 3.63) is 27.0 Å². The highest BCUT2D eigenvalue weighted by molar-refractivity contribution is 6.42. The molecule has 1 aromatic rings. The van der Waals surface area contributed by atoms with Gasteiger partial charge in [-0.15, -0.1) is 0 Å². The van der Waals surface area contributed by atoms with E-state index in [0.29, 0.717) is 21.4 Å². The number of halogens is 2. The Morgan fingerprint density at radius 3 is 2.79 bits per heavy atom. The molecule has 14 heavy (non-hydrogen) atoms. The number of fused-ring (bicyclic) bond motifs is 1. The molecule has 0 fully saturated rings. The van der Waals surface area contributed by atoms with Gasteiger partial charge in [0.25, 0.3) is 0 Å². The van der Waals surface area contributed by atoms with Gasteiger partial charge < -0.3 is 5.11 Å². The van der Waals surface area contributed by atoms with Crippen LogP contribution in [-0.4, -0.2) is 10.1 Å². The highest BCUT2D eigenvalue weighted by Gasteiger charge is 2.24. The molecule has 1 heterocycles. The van der Waals surface area contributed by atoms with Crippen molar-refractivity contribution in [2.24, 2.45) is 0 Å². The van der Waals surface area contributed by atoms with Crippen LogP contribution in [-0.2, 0) is 6.42 Å². The Bertz CT molecular complexity index is 379. The van der Waals surface area contributed by atoms with Crippen LogP contribution in [0.15, 0.2) is 0 Å². The van der Waals surface area contributed by atoms with Crippen molar-refractivity contribution in [2.45, 2.75) is 32.3 Å². The number of rotatable bonds is 0. The predicted molar refractivity (Wildman–Crippen MR) is 56.9 cm³/mol. The summed E-state index contributed by atoms with van der Waals surface area (Å²) in [6, 6.07) is 0. The summed E-state index contributed by atoms with van der Waals surface area (Å²) in [5.41, 5.74) is 2.32. The number of hydrogen-bond acceptors (Lipinski definition) is 2. The van der Waals surface area contributed by atoms with Gasteiger partial charge in [0.15, 0.2) is 0 Å². The molecule has 1 aromatic heterocycles. The van der Waals surface area contributed by atoms with Gasteiger partial charge in [-0.3, -0.25) is 4.98 Å². The molecule has 0 aromatic carbocycles. The molecular weight excluding hydrogens is 221 g/mol. The molecule has 1 aliphatic rings. The molecular formula is C10H11Cl2NO. The Balaban J connectivity index is 2.63. The summed E-state index contributed by atoms with van der Waals surface area (Å²) >= 11 is 12.1. The predicted octanol–water partition coefficient (Wildman–Crippen LogP) is 3.07. The molecule has 76 valence electrons. The average Bonchev–Trinajstić information content (AvgIpc) is 2.17. The van der Waals surface area contributed by atoms with Crippen LogP contribution in [0.1, 0.15) is 35.9 Å². The van der Waals surface area contributed by atoms with Crippen molar-refractivity contribution >= 4 is 23.2 Å². The van der Waals surface area contributed by atoms with Crippen LogP contribution >= 0.6 is 23.2 Å². The maximum Gasteiger partial charge on any atom is 0.0963 e. The minimum absolute atomic E-state index is 0.479. The largest absolute Gasteiger partial charge is 0.387 e.